The molecular formula is C13H16O. The van der Waals surface area contributed by atoms with Crippen LogP contribution in [0.25, 0.3) is 0 Å². The summed E-state index contributed by atoms with van der Waals surface area (Å²) in [5, 5.41) is 0. The molecule has 0 fully saturated rings. The number of aryl methyl sites for hydroxylation is 1. The molecule has 0 spiro atoms. The van der Waals surface area contributed by atoms with Crippen molar-refractivity contribution >= 4 is 0 Å². The molecule has 1 aromatic carbocycles. The minimum atomic E-state index is 0.928. The molecule has 0 unspecified atom stereocenters. The fourth-order valence-electron chi connectivity index (χ4n) is 1.43. The molecule has 1 nitrogen and oxygen atoms in total. The molecule has 0 bridgehead atoms. The predicted molar refractivity (Wildman–Crippen MR) is 59.5 cm³/mol. The van der Waals surface area contributed by atoms with Gasteiger partial charge in [0.2, 0.25) is 0 Å². The van der Waals surface area contributed by atoms with Gasteiger partial charge in [0, 0.05) is 5.56 Å². The first-order valence-corrected chi connectivity index (χ1v) is 4.95. The average molecular weight is 188 g/mol. The molecule has 0 saturated heterocycles. The van der Waals surface area contributed by atoms with Crippen LogP contribution in [-0.2, 0) is 6.42 Å². The lowest BCUT2D eigenvalue weighted by atomic mass is 10.0. The largest absolute Gasteiger partial charge is 0.496 e. The van der Waals surface area contributed by atoms with Gasteiger partial charge in [-0.15, -0.1) is 6.42 Å². The van der Waals surface area contributed by atoms with Crippen molar-refractivity contribution < 1.29 is 4.74 Å². The summed E-state index contributed by atoms with van der Waals surface area (Å²) in [4.78, 5) is 0. The highest BCUT2D eigenvalue weighted by Gasteiger charge is 2.02. The maximum atomic E-state index is 5.35. The zero-order valence-corrected chi connectivity index (χ0v) is 8.84. The van der Waals surface area contributed by atoms with Gasteiger partial charge in [-0.1, -0.05) is 19.3 Å². The highest BCUT2D eigenvalue weighted by atomic mass is 16.5. The lowest BCUT2D eigenvalue weighted by Crippen LogP contribution is -1.93. The molecule has 0 aliphatic carbocycles. The fraction of sp³-hybridized carbons (Fsp3) is 0.385. The third-order valence-electron chi connectivity index (χ3n) is 2.25. The number of benzene rings is 1. The van der Waals surface area contributed by atoms with Crippen molar-refractivity contribution in [3.8, 4) is 18.1 Å². The minimum Gasteiger partial charge on any atom is -0.496 e. The van der Waals surface area contributed by atoms with Gasteiger partial charge >= 0.3 is 0 Å². The van der Waals surface area contributed by atoms with Crippen molar-refractivity contribution in [2.45, 2.75) is 26.2 Å². The van der Waals surface area contributed by atoms with E-state index < -0.39 is 0 Å². The van der Waals surface area contributed by atoms with Crippen molar-refractivity contribution in [1.82, 2.24) is 0 Å². The van der Waals surface area contributed by atoms with E-state index in [1.165, 1.54) is 18.4 Å². The van der Waals surface area contributed by atoms with Crippen LogP contribution in [0.4, 0.5) is 0 Å². The lowest BCUT2D eigenvalue weighted by Gasteiger charge is -2.08. The number of methoxy groups -OCH3 is 1. The molecule has 14 heavy (non-hydrogen) atoms. The molecule has 1 heteroatoms. The molecule has 0 aliphatic heterocycles. The van der Waals surface area contributed by atoms with Crippen LogP contribution in [0.1, 0.15) is 30.9 Å². The van der Waals surface area contributed by atoms with E-state index >= 15 is 0 Å². The van der Waals surface area contributed by atoms with Crippen LogP contribution in [-0.4, -0.2) is 7.11 Å². The van der Waals surface area contributed by atoms with Gasteiger partial charge in [0.1, 0.15) is 5.75 Å². The Labute approximate surface area is 86.1 Å². The number of rotatable bonds is 4. The summed E-state index contributed by atoms with van der Waals surface area (Å²) in [7, 11) is 1.69. The van der Waals surface area contributed by atoms with Gasteiger partial charge in [-0.05, 0) is 36.6 Å². The number of hydrogen-bond acceptors (Lipinski definition) is 1. The summed E-state index contributed by atoms with van der Waals surface area (Å²) in [5.41, 5.74) is 2.14. The third-order valence-corrected chi connectivity index (χ3v) is 2.25. The highest BCUT2D eigenvalue weighted by Crippen LogP contribution is 2.21. The van der Waals surface area contributed by atoms with Crippen molar-refractivity contribution in [2.24, 2.45) is 0 Å². The maximum Gasteiger partial charge on any atom is 0.122 e. The van der Waals surface area contributed by atoms with Crippen molar-refractivity contribution in [2.75, 3.05) is 7.11 Å². The lowest BCUT2D eigenvalue weighted by molar-refractivity contribution is 0.409. The van der Waals surface area contributed by atoms with Gasteiger partial charge in [-0.25, -0.2) is 0 Å². The molecule has 0 N–H and O–H groups in total. The number of terminal acetylenes is 1. The van der Waals surface area contributed by atoms with E-state index in [4.69, 9.17) is 11.2 Å². The summed E-state index contributed by atoms with van der Waals surface area (Å²) in [5.74, 6) is 3.58. The quantitative estimate of drug-likeness (QED) is 0.660. The third kappa shape index (κ3) is 2.53. The molecule has 0 amide bonds. The van der Waals surface area contributed by atoms with Crippen LogP contribution in [0.5, 0.6) is 5.75 Å². The van der Waals surface area contributed by atoms with E-state index in [1.807, 2.05) is 18.2 Å². The Kier molecular flexibility index (Phi) is 4.07. The molecule has 0 saturated carbocycles. The van der Waals surface area contributed by atoms with Crippen molar-refractivity contribution in [3.05, 3.63) is 29.3 Å². The maximum absolute atomic E-state index is 5.35. The van der Waals surface area contributed by atoms with Crippen LogP contribution in [0.3, 0.4) is 0 Å². The van der Waals surface area contributed by atoms with Crippen LogP contribution in [0, 0.1) is 12.3 Å². The van der Waals surface area contributed by atoms with Crippen LogP contribution in [0.2, 0.25) is 0 Å². The van der Waals surface area contributed by atoms with Gasteiger partial charge in [-0.3, -0.25) is 0 Å². The topological polar surface area (TPSA) is 9.23 Å². The second-order valence-corrected chi connectivity index (χ2v) is 3.27. The number of unbranched alkanes of at least 4 members (excludes halogenated alkanes) is 1. The van der Waals surface area contributed by atoms with E-state index in [0.717, 1.165) is 17.7 Å². The SMILES string of the molecule is C#Cc1ccc(OC)c(CCCC)c1. The summed E-state index contributed by atoms with van der Waals surface area (Å²) >= 11 is 0. The van der Waals surface area contributed by atoms with Crippen LogP contribution >= 0.6 is 0 Å². The van der Waals surface area contributed by atoms with Crippen molar-refractivity contribution in [3.63, 3.8) is 0 Å². The number of ether oxygens (including phenoxy) is 1. The smallest absolute Gasteiger partial charge is 0.122 e. The molecule has 0 radical (unpaired) electrons. The molecule has 1 aromatic rings. The monoisotopic (exact) mass is 188 g/mol. The average Bonchev–Trinajstić information content (AvgIpc) is 2.25. The molecule has 0 heterocycles. The molecule has 74 valence electrons. The van der Waals surface area contributed by atoms with Crippen LogP contribution in [0.15, 0.2) is 18.2 Å². The van der Waals surface area contributed by atoms with Crippen LogP contribution < -0.4 is 4.74 Å². The highest BCUT2D eigenvalue weighted by molar-refractivity contribution is 5.43. The van der Waals surface area contributed by atoms with E-state index in [-0.39, 0.29) is 0 Å². The second-order valence-electron chi connectivity index (χ2n) is 3.27. The Hall–Kier alpha value is -1.42. The Morgan fingerprint density at radius 2 is 2.21 bits per heavy atom. The zero-order chi connectivity index (χ0) is 10.4. The molecule has 1 rings (SSSR count). The van der Waals surface area contributed by atoms with Crippen molar-refractivity contribution in [1.29, 1.82) is 0 Å². The first-order chi connectivity index (χ1) is 6.81. The molecule has 0 atom stereocenters. The normalized spacial score (nSPS) is 9.50. The molecular weight excluding hydrogens is 172 g/mol. The molecule has 0 aromatic heterocycles. The summed E-state index contributed by atoms with van der Waals surface area (Å²) < 4.78 is 5.27. The van der Waals surface area contributed by atoms with E-state index in [0.29, 0.717) is 0 Å². The zero-order valence-electron chi connectivity index (χ0n) is 8.84. The van der Waals surface area contributed by atoms with E-state index in [1.54, 1.807) is 7.11 Å². The Bertz CT molecular complexity index is 334. The Morgan fingerprint density at radius 1 is 1.43 bits per heavy atom. The van der Waals surface area contributed by atoms with Gasteiger partial charge in [0.15, 0.2) is 0 Å². The predicted octanol–water partition coefficient (Wildman–Crippen LogP) is 3.02. The van der Waals surface area contributed by atoms with E-state index in [9.17, 15) is 0 Å². The van der Waals surface area contributed by atoms with Gasteiger partial charge in [-0.2, -0.15) is 0 Å². The first kappa shape index (κ1) is 10.7. The van der Waals surface area contributed by atoms with E-state index in [2.05, 4.69) is 12.8 Å². The summed E-state index contributed by atoms with van der Waals surface area (Å²) in [6, 6.07) is 5.89. The number of hydrogen-bond donors (Lipinski definition) is 0. The Morgan fingerprint density at radius 3 is 2.79 bits per heavy atom. The standard InChI is InChI=1S/C13H16O/c1-4-6-7-12-10-11(5-2)8-9-13(12)14-3/h2,8-10H,4,6-7H2,1,3H3. The van der Waals surface area contributed by atoms with Gasteiger partial charge in [0.05, 0.1) is 7.11 Å². The summed E-state index contributed by atoms with van der Waals surface area (Å²) in [6.45, 7) is 2.18. The molecule has 0 aliphatic rings. The summed E-state index contributed by atoms with van der Waals surface area (Å²) in [6.07, 6.45) is 8.74. The fourth-order valence-corrected chi connectivity index (χ4v) is 1.43. The van der Waals surface area contributed by atoms with Gasteiger partial charge in [0.25, 0.3) is 0 Å². The first-order valence-electron chi connectivity index (χ1n) is 4.95. The minimum absolute atomic E-state index is 0.928. The van der Waals surface area contributed by atoms with Gasteiger partial charge < -0.3 is 4.74 Å². The Balaban J connectivity index is 2.91. The second kappa shape index (κ2) is 5.34.